The van der Waals surface area contributed by atoms with Gasteiger partial charge in [-0.3, -0.25) is 9.59 Å². The van der Waals surface area contributed by atoms with Crippen LogP contribution >= 0.6 is 11.8 Å². The highest BCUT2D eigenvalue weighted by atomic mass is 32.2. The lowest BCUT2D eigenvalue weighted by Gasteiger charge is -2.17. The summed E-state index contributed by atoms with van der Waals surface area (Å²) in [6, 6.07) is 16.3. The highest BCUT2D eigenvalue weighted by Gasteiger charge is 2.24. The number of aromatic amines is 1. The van der Waals surface area contributed by atoms with Gasteiger partial charge in [-0.05, 0) is 36.8 Å². The van der Waals surface area contributed by atoms with E-state index in [1.807, 2.05) is 30.3 Å². The van der Waals surface area contributed by atoms with Gasteiger partial charge in [-0.2, -0.15) is 0 Å². The Morgan fingerprint density at radius 3 is 2.48 bits per heavy atom. The second kappa shape index (κ2) is 8.24. The van der Waals surface area contributed by atoms with Crippen LogP contribution in [0.5, 0.6) is 0 Å². The number of thioether (sulfide) groups is 1. The third-order valence-electron chi connectivity index (χ3n) is 4.32. The topological polar surface area (TPSA) is 101 Å². The molecule has 0 aliphatic rings. The molecule has 0 unspecified atom stereocenters. The predicted molar refractivity (Wildman–Crippen MR) is 112 cm³/mol. The first-order chi connectivity index (χ1) is 14.1. The summed E-state index contributed by atoms with van der Waals surface area (Å²) in [6.45, 7) is 1.51. The van der Waals surface area contributed by atoms with Gasteiger partial charge in [0.05, 0.1) is 6.33 Å². The van der Waals surface area contributed by atoms with Crippen molar-refractivity contribution in [1.82, 2.24) is 19.9 Å². The number of ketones is 1. The van der Waals surface area contributed by atoms with Crippen molar-refractivity contribution < 1.29 is 9.59 Å². The van der Waals surface area contributed by atoms with Crippen LogP contribution < -0.4 is 5.32 Å². The zero-order valence-corrected chi connectivity index (χ0v) is 16.3. The van der Waals surface area contributed by atoms with Crippen LogP contribution in [-0.2, 0) is 4.79 Å². The fraction of sp³-hybridized carbons (Fsp3) is 0.0952. The Balaban J connectivity index is 1.63. The zero-order chi connectivity index (χ0) is 20.2. The van der Waals surface area contributed by atoms with Gasteiger partial charge in [0.15, 0.2) is 11.4 Å². The Morgan fingerprint density at radius 2 is 1.76 bits per heavy atom. The van der Waals surface area contributed by atoms with E-state index in [1.165, 1.54) is 25.0 Å². The maximum atomic E-state index is 13.1. The summed E-state index contributed by atoms with van der Waals surface area (Å²) in [5.74, 6) is -0.212. The molecule has 4 rings (SSSR count). The van der Waals surface area contributed by atoms with Crippen LogP contribution in [-0.4, -0.2) is 31.6 Å². The van der Waals surface area contributed by atoms with Crippen LogP contribution in [0.15, 0.2) is 72.3 Å². The SMILES string of the molecule is CC(=O)c1ccc(NC(=O)[C@@H](Sc2ncnc3nc[nH]c23)c2ccccc2)cc1. The molecule has 0 saturated carbocycles. The predicted octanol–water partition coefficient (Wildman–Crippen LogP) is 4.03. The van der Waals surface area contributed by atoms with E-state index in [2.05, 4.69) is 25.3 Å². The van der Waals surface area contributed by atoms with Crippen molar-refractivity contribution in [3.8, 4) is 0 Å². The molecule has 2 N–H and O–H groups in total. The minimum Gasteiger partial charge on any atom is -0.341 e. The van der Waals surface area contributed by atoms with Crippen LogP contribution in [0.25, 0.3) is 11.2 Å². The number of carbonyl (C=O) groups is 2. The zero-order valence-electron chi connectivity index (χ0n) is 15.5. The number of carbonyl (C=O) groups excluding carboxylic acids is 2. The monoisotopic (exact) mass is 403 g/mol. The minimum atomic E-state index is -0.537. The van der Waals surface area contributed by atoms with E-state index in [0.717, 1.165) is 5.56 Å². The summed E-state index contributed by atoms with van der Waals surface area (Å²) in [5.41, 5.74) is 3.31. The highest BCUT2D eigenvalue weighted by molar-refractivity contribution is 8.00. The summed E-state index contributed by atoms with van der Waals surface area (Å²) >= 11 is 1.32. The number of hydrogen-bond acceptors (Lipinski definition) is 6. The average molecular weight is 403 g/mol. The van der Waals surface area contributed by atoms with Crippen LogP contribution in [0.4, 0.5) is 5.69 Å². The number of rotatable bonds is 6. The number of fused-ring (bicyclic) bond motifs is 1. The normalized spacial score (nSPS) is 11.9. The average Bonchev–Trinajstić information content (AvgIpc) is 3.22. The van der Waals surface area contributed by atoms with Gasteiger partial charge >= 0.3 is 0 Å². The van der Waals surface area contributed by atoms with Crippen LogP contribution in [0.1, 0.15) is 28.1 Å². The van der Waals surface area contributed by atoms with Gasteiger partial charge in [-0.25, -0.2) is 15.0 Å². The molecule has 1 atom stereocenters. The molecule has 0 bridgehead atoms. The number of nitrogens with zero attached hydrogens (tertiary/aromatic N) is 3. The number of imidazole rings is 1. The van der Waals surface area contributed by atoms with Crippen molar-refractivity contribution in [1.29, 1.82) is 0 Å². The van der Waals surface area contributed by atoms with Crippen molar-refractivity contribution in [2.24, 2.45) is 0 Å². The molecule has 0 aliphatic heterocycles. The van der Waals surface area contributed by atoms with Gasteiger partial charge in [-0.1, -0.05) is 42.1 Å². The third kappa shape index (κ3) is 4.17. The lowest BCUT2D eigenvalue weighted by Crippen LogP contribution is -2.19. The van der Waals surface area contributed by atoms with E-state index in [-0.39, 0.29) is 11.7 Å². The molecule has 144 valence electrons. The Morgan fingerprint density at radius 1 is 1.00 bits per heavy atom. The maximum Gasteiger partial charge on any atom is 0.242 e. The second-order valence-corrected chi connectivity index (χ2v) is 7.41. The van der Waals surface area contributed by atoms with Gasteiger partial charge < -0.3 is 10.3 Å². The van der Waals surface area contributed by atoms with E-state index in [1.54, 1.807) is 30.6 Å². The van der Waals surface area contributed by atoms with Crippen molar-refractivity contribution in [3.63, 3.8) is 0 Å². The number of aromatic nitrogens is 4. The summed E-state index contributed by atoms with van der Waals surface area (Å²) in [5, 5.41) is 3.03. The van der Waals surface area contributed by atoms with Crippen LogP contribution in [0.2, 0.25) is 0 Å². The number of H-pyrrole nitrogens is 1. The quantitative estimate of drug-likeness (QED) is 0.286. The van der Waals surface area contributed by atoms with Gasteiger partial charge in [0.1, 0.15) is 22.1 Å². The van der Waals surface area contributed by atoms with Crippen molar-refractivity contribution in [2.45, 2.75) is 17.2 Å². The largest absolute Gasteiger partial charge is 0.341 e. The third-order valence-corrected chi connectivity index (χ3v) is 5.57. The maximum absolute atomic E-state index is 13.1. The molecule has 4 aromatic rings. The lowest BCUT2D eigenvalue weighted by atomic mass is 10.1. The summed E-state index contributed by atoms with van der Waals surface area (Å²) in [6.07, 6.45) is 2.99. The van der Waals surface area contributed by atoms with Gasteiger partial charge in [0, 0.05) is 11.3 Å². The molecular formula is C21H17N5O2S. The smallest absolute Gasteiger partial charge is 0.242 e. The number of hydrogen-bond donors (Lipinski definition) is 2. The molecule has 0 fully saturated rings. The first-order valence-electron chi connectivity index (χ1n) is 8.89. The Bertz CT molecular complexity index is 1160. The van der Waals surface area contributed by atoms with Crippen molar-refractivity contribution >= 4 is 40.3 Å². The molecule has 2 aromatic heterocycles. The second-order valence-electron chi connectivity index (χ2n) is 6.31. The summed E-state index contributed by atoms with van der Waals surface area (Å²) in [4.78, 5) is 40.2. The number of nitrogens with one attached hydrogen (secondary N) is 2. The minimum absolute atomic E-state index is 0.0204. The van der Waals surface area contributed by atoms with Gasteiger partial charge in [0.25, 0.3) is 0 Å². The van der Waals surface area contributed by atoms with Gasteiger partial charge in [0.2, 0.25) is 5.91 Å². The lowest BCUT2D eigenvalue weighted by molar-refractivity contribution is -0.115. The highest BCUT2D eigenvalue weighted by Crippen LogP contribution is 2.37. The molecule has 29 heavy (non-hydrogen) atoms. The Labute approximate surface area is 171 Å². The number of Topliss-reactive ketones (excluding diaryl/α,β-unsaturated/α-hetero) is 1. The first kappa shape index (κ1) is 18.8. The van der Waals surface area contributed by atoms with E-state index in [9.17, 15) is 9.59 Å². The molecular weight excluding hydrogens is 386 g/mol. The Kier molecular flexibility index (Phi) is 5.35. The molecule has 7 nitrogen and oxygen atoms in total. The van der Waals surface area contributed by atoms with E-state index in [0.29, 0.717) is 27.4 Å². The number of benzene rings is 2. The molecule has 0 spiro atoms. The standard InChI is InChI=1S/C21H17N5O2S/c1-13(27)14-7-9-16(10-8-14)26-20(28)18(15-5-3-2-4-6-15)29-21-17-19(23-11-22-17)24-12-25-21/h2-12,18H,1H3,(H,26,28)(H,22,23,24,25)/t18-/m0/s1. The fourth-order valence-electron chi connectivity index (χ4n) is 2.84. The summed E-state index contributed by atoms with van der Waals surface area (Å²) in [7, 11) is 0. The van der Waals surface area contributed by atoms with Crippen molar-refractivity contribution in [2.75, 3.05) is 5.32 Å². The summed E-state index contributed by atoms with van der Waals surface area (Å²) < 4.78 is 0. The molecule has 0 radical (unpaired) electrons. The van der Waals surface area contributed by atoms with Gasteiger partial charge in [-0.15, -0.1) is 0 Å². The van der Waals surface area contributed by atoms with Crippen LogP contribution in [0, 0.1) is 0 Å². The number of anilines is 1. The molecule has 2 heterocycles. The van der Waals surface area contributed by atoms with Crippen molar-refractivity contribution in [3.05, 3.63) is 78.4 Å². The number of amides is 1. The molecule has 2 aromatic carbocycles. The molecule has 0 saturated heterocycles. The molecule has 1 amide bonds. The molecule has 8 heteroatoms. The van der Waals surface area contributed by atoms with E-state index >= 15 is 0 Å². The fourth-order valence-corrected chi connectivity index (χ4v) is 3.90. The van der Waals surface area contributed by atoms with E-state index < -0.39 is 5.25 Å². The van der Waals surface area contributed by atoms with E-state index in [4.69, 9.17) is 0 Å². The first-order valence-corrected chi connectivity index (χ1v) is 9.77. The van der Waals surface area contributed by atoms with Crippen LogP contribution in [0.3, 0.4) is 0 Å². The Hall–Kier alpha value is -3.52. The molecule has 0 aliphatic carbocycles.